The maximum absolute atomic E-state index is 12.9. The number of rotatable bonds is 3. The topological polar surface area (TPSA) is 66.8 Å². The van der Waals surface area contributed by atoms with Gasteiger partial charge in [-0.05, 0) is 31.2 Å². The van der Waals surface area contributed by atoms with E-state index in [1.54, 1.807) is 23.1 Å². The van der Waals surface area contributed by atoms with Crippen molar-refractivity contribution in [3.05, 3.63) is 70.2 Å². The van der Waals surface area contributed by atoms with E-state index in [1.165, 1.54) is 12.1 Å². The summed E-state index contributed by atoms with van der Waals surface area (Å²) in [6, 6.07) is 13.4. The Kier molecular flexibility index (Phi) is 5.06. The number of morpholine rings is 1. The molecule has 0 bridgehead atoms. The van der Waals surface area contributed by atoms with Gasteiger partial charge in [-0.3, -0.25) is 4.79 Å². The lowest BCUT2D eigenvalue weighted by Gasteiger charge is -2.38. The van der Waals surface area contributed by atoms with Gasteiger partial charge in [0.05, 0.1) is 24.8 Å². The van der Waals surface area contributed by atoms with Crippen LogP contribution in [0.1, 0.15) is 39.3 Å². The molecular formula is C19H18ClNO4. The standard InChI is InChI=1S/C19H18ClNO4/c1-12-11-25-17(15-7-2-3-8-16(15)20)10-21(12)18(22)13-5-4-6-14(9-13)19(23)24/h2-9,12,17H,10-11H2,1H3,(H,23,24). The number of hydrogen-bond donors (Lipinski definition) is 1. The molecule has 0 radical (unpaired) electrons. The van der Waals surface area contributed by atoms with Gasteiger partial charge in [0.2, 0.25) is 0 Å². The average molecular weight is 360 g/mol. The van der Waals surface area contributed by atoms with Crippen LogP contribution in [0.5, 0.6) is 0 Å². The molecule has 2 aromatic carbocycles. The molecule has 1 aliphatic rings. The third-order valence-electron chi connectivity index (χ3n) is 4.30. The smallest absolute Gasteiger partial charge is 0.335 e. The number of carboxylic acids is 1. The second-order valence-corrected chi connectivity index (χ2v) is 6.44. The molecule has 0 spiro atoms. The average Bonchev–Trinajstić information content (AvgIpc) is 2.62. The summed E-state index contributed by atoms with van der Waals surface area (Å²) in [7, 11) is 0. The van der Waals surface area contributed by atoms with Crippen molar-refractivity contribution < 1.29 is 19.4 Å². The van der Waals surface area contributed by atoms with Crippen LogP contribution in [0.15, 0.2) is 48.5 Å². The first kappa shape index (κ1) is 17.5. The predicted octanol–water partition coefficient (Wildman–Crippen LogP) is 3.64. The zero-order chi connectivity index (χ0) is 18.0. The molecule has 1 N–H and O–H groups in total. The minimum absolute atomic E-state index is 0.0921. The largest absolute Gasteiger partial charge is 0.478 e. The van der Waals surface area contributed by atoms with E-state index in [-0.39, 0.29) is 23.6 Å². The van der Waals surface area contributed by atoms with Crippen LogP contribution in [0.3, 0.4) is 0 Å². The van der Waals surface area contributed by atoms with E-state index in [2.05, 4.69) is 0 Å². The fourth-order valence-corrected chi connectivity index (χ4v) is 3.17. The first-order valence-electron chi connectivity index (χ1n) is 7.97. The van der Waals surface area contributed by atoms with Gasteiger partial charge in [-0.15, -0.1) is 0 Å². The van der Waals surface area contributed by atoms with Gasteiger partial charge in [0.1, 0.15) is 6.10 Å². The molecule has 3 rings (SSSR count). The molecule has 130 valence electrons. The summed E-state index contributed by atoms with van der Waals surface area (Å²) in [5, 5.41) is 9.71. The number of ether oxygens (including phenoxy) is 1. The highest BCUT2D eigenvalue weighted by Crippen LogP contribution is 2.30. The van der Waals surface area contributed by atoms with E-state index in [9.17, 15) is 9.59 Å². The number of hydrogen-bond acceptors (Lipinski definition) is 3. The molecule has 2 unspecified atom stereocenters. The number of carboxylic acid groups (broad SMARTS) is 1. The van der Waals surface area contributed by atoms with Crippen molar-refractivity contribution >= 4 is 23.5 Å². The molecule has 0 aliphatic carbocycles. The number of nitrogens with zero attached hydrogens (tertiary/aromatic N) is 1. The van der Waals surface area contributed by atoms with Crippen LogP contribution in [0.2, 0.25) is 5.02 Å². The Morgan fingerprint density at radius 3 is 2.60 bits per heavy atom. The van der Waals surface area contributed by atoms with Crippen molar-refractivity contribution in [1.82, 2.24) is 4.90 Å². The minimum Gasteiger partial charge on any atom is -0.478 e. The number of benzene rings is 2. The van der Waals surface area contributed by atoms with Crippen molar-refractivity contribution in [3.8, 4) is 0 Å². The van der Waals surface area contributed by atoms with Crippen molar-refractivity contribution in [1.29, 1.82) is 0 Å². The summed E-state index contributed by atoms with van der Waals surface area (Å²) in [5.41, 5.74) is 1.29. The van der Waals surface area contributed by atoms with Crippen LogP contribution in [0.25, 0.3) is 0 Å². The first-order valence-corrected chi connectivity index (χ1v) is 8.35. The Labute approximate surface area is 150 Å². The van der Waals surface area contributed by atoms with Gasteiger partial charge in [0.25, 0.3) is 5.91 Å². The molecular weight excluding hydrogens is 342 g/mol. The fraction of sp³-hybridized carbons (Fsp3) is 0.263. The lowest BCUT2D eigenvalue weighted by molar-refractivity contribution is -0.0486. The molecule has 2 atom stereocenters. The first-order chi connectivity index (χ1) is 12.0. The Morgan fingerprint density at radius 2 is 1.88 bits per heavy atom. The van der Waals surface area contributed by atoms with Crippen LogP contribution in [0.4, 0.5) is 0 Å². The van der Waals surface area contributed by atoms with Crippen LogP contribution in [-0.4, -0.2) is 41.1 Å². The van der Waals surface area contributed by atoms with E-state index in [1.807, 2.05) is 25.1 Å². The Bertz CT molecular complexity index is 808. The zero-order valence-corrected chi connectivity index (χ0v) is 14.4. The summed E-state index contributed by atoms with van der Waals surface area (Å²) in [6.07, 6.45) is -0.309. The van der Waals surface area contributed by atoms with Gasteiger partial charge in [0, 0.05) is 16.1 Å². The highest BCUT2D eigenvalue weighted by Gasteiger charge is 2.32. The quantitative estimate of drug-likeness (QED) is 0.908. The van der Waals surface area contributed by atoms with Crippen molar-refractivity contribution in [2.24, 2.45) is 0 Å². The number of amides is 1. The predicted molar refractivity (Wildman–Crippen MR) is 94.0 cm³/mol. The number of carbonyl (C=O) groups excluding carboxylic acids is 1. The molecule has 6 heteroatoms. The van der Waals surface area contributed by atoms with Crippen LogP contribution in [0, 0.1) is 0 Å². The molecule has 1 saturated heterocycles. The van der Waals surface area contributed by atoms with Crippen LogP contribution < -0.4 is 0 Å². The molecule has 2 aromatic rings. The summed E-state index contributed by atoms with van der Waals surface area (Å²) in [6.45, 7) is 2.66. The molecule has 0 saturated carbocycles. The summed E-state index contributed by atoms with van der Waals surface area (Å²) >= 11 is 6.25. The van der Waals surface area contributed by atoms with E-state index < -0.39 is 5.97 Å². The van der Waals surface area contributed by atoms with Gasteiger partial charge in [-0.25, -0.2) is 4.79 Å². The molecule has 1 heterocycles. The van der Waals surface area contributed by atoms with Crippen molar-refractivity contribution in [2.75, 3.05) is 13.2 Å². The summed E-state index contributed by atoms with van der Waals surface area (Å²) < 4.78 is 5.86. The van der Waals surface area contributed by atoms with Crippen LogP contribution >= 0.6 is 11.6 Å². The molecule has 25 heavy (non-hydrogen) atoms. The molecule has 1 aliphatic heterocycles. The normalized spacial score (nSPS) is 20.3. The summed E-state index contributed by atoms with van der Waals surface area (Å²) in [5.74, 6) is -1.27. The molecule has 5 nitrogen and oxygen atoms in total. The van der Waals surface area contributed by atoms with Gasteiger partial charge >= 0.3 is 5.97 Å². The molecule has 0 aromatic heterocycles. The van der Waals surface area contributed by atoms with Gasteiger partial charge < -0.3 is 14.7 Å². The zero-order valence-electron chi connectivity index (χ0n) is 13.7. The number of halogens is 1. The second kappa shape index (κ2) is 7.25. The molecule has 1 amide bonds. The number of aromatic carboxylic acids is 1. The second-order valence-electron chi connectivity index (χ2n) is 6.04. The fourth-order valence-electron chi connectivity index (χ4n) is 2.92. The molecule has 1 fully saturated rings. The maximum atomic E-state index is 12.9. The third-order valence-corrected chi connectivity index (χ3v) is 4.65. The Hall–Kier alpha value is -2.37. The lowest BCUT2D eigenvalue weighted by atomic mass is 10.0. The van der Waals surface area contributed by atoms with E-state index in [4.69, 9.17) is 21.4 Å². The maximum Gasteiger partial charge on any atom is 0.335 e. The highest BCUT2D eigenvalue weighted by molar-refractivity contribution is 6.31. The monoisotopic (exact) mass is 359 g/mol. The number of carbonyl (C=O) groups is 2. The SMILES string of the molecule is CC1COC(c2ccccc2Cl)CN1C(=O)c1cccc(C(=O)O)c1. The Morgan fingerprint density at radius 1 is 1.16 bits per heavy atom. The third kappa shape index (κ3) is 3.67. The van der Waals surface area contributed by atoms with E-state index >= 15 is 0 Å². The highest BCUT2D eigenvalue weighted by atomic mass is 35.5. The van der Waals surface area contributed by atoms with E-state index in [0.717, 1.165) is 5.56 Å². The minimum atomic E-state index is -1.06. The Balaban J connectivity index is 1.85. The van der Waals surface area contributed by atoms with Gasteiger partial charge in [0.15, 0.2) is 0 Å². The van der Waals surface area contributed by atoms with Gasteiger partial charge in [-0.2, -0.15) is 0 Å². The van der Waals surface area contributed by atoms with E-state index in [0.29, 0.717) is 23.7 Å². The lowest BCUT2D eigenvalue weighted by Crippen LogP contribution is -2.48. The van der Waals surface area contributed by atoms with Crippen LogP contribution in [-0.2, 0) is 4.74 Å². The summed E-state index contributed by atoms with van der Waals surface area (Å²) in [4.78, 5) is 25.7. The van der Waals surface area contributed by atoms with Gasteiger partial charge in [-0.1, -0.05) is 35.9 Å². The van der Waals surface area contributed by atoms with Crippen molar-refractivity contribution in [2.45, 2.75) is 19.1 Å². The van der Waals surface area contributed by atoms with Crippen molar-refractivity contribution in [3.63, 3.8) is 0 Å².